The van der Waals surface area contributed by atoms with Crippen LogP contribution in [-0.4, -0.2) is 17.3 Å². The van der Waals surface area contributed by atoms with Crippen LogP contribution in [0.5, 0.6) is 0 Å². The van der Waals surface area contributed by atoms with Crippen LogP contribution < -0.4 is 5.23 Å². The van der Waals surface area contributed by atoms with E-state index in [4.69, 9.17) is 10.0 Å². The second kappa shape index (κ2) is 4.26. The summed E-state index contributed by atoms with van der Waals surface area (Å²) in [6.07, 6.45) is 0. The van der Waals surface area contributed by atoms with E-state index in [-0.39, 0.29) is 6.04 Å². The fourth-order valence-electron chi connectivity index (χ4n) is 1.06. The maximum Gasteiger partial charge on any atom is 0.549 e. The van der Waals surface area contributed by atoms with Crippen LogP contribution in [0.4, 0.5) is 0 Å². The van der Waals surface area contributed by atoms with Crippen LogP contribution in [0.15, 0.2) is 30.3 Å². The van der Waals surface area contributed by atoms with E-state index in [1.807, 2.05) is 37.3 Å². The van der Waals surface area contributed by atoms with E-state index in [9.17, 15) is 0 Å². The Morgan fingerprint density at radius 1 is 1.25 bits per heavy atom. The van der Waals surface area contributed by atoms with Crippen LogP contribution in [0, 0.1) is 0 Å². The average molecular weight is 165 g/mol. The van der Waals surface area contributed by atoms with Gasteiger partial charge >= 0.3 is 7.25 Å². The topological polar surface area (TPSA) is 52.5 Å². The van der Waals surface area contributed by atoms with Gasteiger partial charge in [-0.05, 0) is 12.5 Å². The van der Waals surface area contributed by atoms with Crippen molar-refractivity contribution < 1.29 is 10.0 Å². The maximum atomic E-state index is 8.63. The Kier molecular flexibility index (Phi) is 3.28. The average Bonchev–Trinajstić information content (AvgIpc) is 2.05. The van der Waals surface area contributed by atoms with Crippen LogP contribution in [0.25, 0.3) is 0 Å². The zero-order valence-corrected chi connectivity index (χ0v) is 6.94. The zero-order chi connectivity index (χ0) is 8.97. The lowest BCUT2D eigenvalue weighted by Crippen LogP contribution is -2.35. The number of hydrogen-bond donors (Lipinski definition) is 3. The van der Waals surface area contributed by atoms with Crippen LogP contribution in [0.2, 0.25) is 0 Å². The second-order valence-electron chi connectivity index (χ2n) is 2.67. The summed E-state index contributed by atoms with van der Waals surface area (Å²) in [5.74, 6) is 0. The SMILES string of the molecule is CC(NB(O)O)c1ccccc1. The molecule has 3 N–H and O–H groups in total. The molecule has 0 amide bonds. The lowest BCUT2D eigenvalue weighted by atomic mass is 10.0. The number of benzene rings is 1. The Hall–Kier alpha value is -0.835. The Morgan fingerprint density at radius 3 is 2.33 bits per heavy atom. The third-order valence-corrected chi connectivity index (χ3v) is 1.70. The summed E-state index contributed by atoms with van der Waals surface area (Å²) in [7, 11) is -1.46. The molecule has 0 radical (unpaired) electrons. The molecule has 1 rings (SSSR count). The van der Waals surface area contributed by atoms with Crippen molar-refractivity contribution in [3.63, 3.8) is 0 Å². The monoisotopic (exact) mass is 165 g/mol. The molecule has 0 heterocycles. The lowest BCUT2D eigenvalue weighted by molar-refractivity contribution is 0.375. The first-order valence-electron chi connectivity index (χ1n) is 3.87. The van der Waals surface area contributed by atoms with E-state index in [0.29, 0.717) is 0 Å². The van der Waals surface area contributed by atoms with E-state index in [2.05, 4.69) is 5.23 Å². The molecule has 1 aromatic rings. The first kappa shape index (κ1) is 9.25. The highest BCUT2D eigenvalue weighted by atomic mass is 16.4. The van der Waals surface area contributed by atoms with Gasteiger partial charge in [0.05, 0.1) is 0 Å². The van der Waals surface area contributed by atoms with Crippen LogP contribution in [0.3, 0.4) is 0 Å². The molecule has 12 heavy (non-hydrogen) atoms. The summed E-state index contributed by atoms with van der Waals surface area (Å²) >= 11 is 0. The Morgan fingerprint density at radius 2 is 1.83 bits per heavy atom. The minimum absolute atomic E-state index is 0.0498. The van der Waals surface area contributed by atoms with Crippen molar-refractivity contribution in [2.24, 2.45) is 0 Å². The summed E-state index contributed by atoms with van der Waals surface area (Å²) in [5.41, 5.74) is 1.03. The zero-order valence-electron chi connectivity index (χ0n) is 6.94. The Labute approximate surface area is 72.2 Å². The summed E-state index contributed by atoms with van der Waals surface area (Å²) in [6.45, 7) is 1.87. The highest BCUT2D eigenvalue weighted by Gasteiger charge is 2.12. The molecule has 0 saturated carbocycles. The van der Waals surface area contributed by atoms with Crippen molar-refractivity contribution in [3.8, 4) is 0 Å². The van der Waals surface area contributed by atoms with Gasteiger partial charge in [-0.1, -0.05) is 30.3 Å². The molecule has 4 heteroatoms. The molecule has 0 aromatic heterocycles. The molecule has 0 spiro atoms. The molecule has 0 aliphatic heterocycles. The van der Waals surface area contributed by atoms with Gasteiger partial charge in [0, 0.05) is 6.04 Å². The third kappa shape index (κ3) is 2.66. The summed E-state index contributed by atoms with van der Waals surface area (Å²) in [5, 5.41) is 19.8. The number of hydrogen-bond acceptors (Lipinski definition) is 3. The smallest absolute Gasteiger partial charge is 0.413 e. The first-order chi connectivity index (χ1) is 5.70. The maximum absolute atomic E-state index is 8.63. The minimum Gasteiger partial charge on any atom is -0.413 e. The Balaban J connectivity index is 2.59. The van der Waals surface area contributed by atoms with Gasteiger partial charge in [-0.2, -0.15) is 0 Å². The highest BCUT2D eigenvalue weighted by Crippen LogP contribution is 2.10. The van der Waals surface area contributed by atoms with Crippen molar-refractivity contribution in [2.45, 2.75) is 13.0 Å². The molecule has 0 aliphatic carbocycles. The minimum atomic E-state index is -1.46. The van der Waals surface area contributed by atoms with E-state index in [1.54, 1.807) is 0 Å². The van der Waals surface area contributed by atoms with Gasteiger partial charge in [-0.3, -0.25) is 5.23 Å². The van der Waals surface area contributed by atoms with Gasteiger partial charge in [-0.25, -0.2) is 0 Å². The number of rotatable bonds is 3. The van der Waals surface area contributed by atoms with Gasteiger partial charge in [0.1, 0.15) is 0 Å². The Bertz CT molecular complexity index is 228. The fourth-order valence-corrected chi connectivity index (χ4v) is 1.06. The molecular formula is C8H12BNO2. The molecule has 0 fully saturated rings. The molecular weight excluding hydrogens is 153 g/mol. The van der Waals surface area contributed by atoms with E-state index < -0.39 is 7.25 Å². The molecule has 1 atom stereocenters. The van der Waals surface area contributed by atoms with E-state index >= 15 is 0 Å². The second-order valence-corrected chi connectivity index (χ2v) is 2.67. The lowest BCUT2D eigenvalue weighted by Gasteiger charge is -2.12. The van der Waals surface area contributed by atoms with Gasteiger partial charge in [0.25, 0.3) is 0 Å². The predicted octanol–water partition coefficient (Wildman–Crippen LogP) is 0.307. The predicted molar refractivity (Wildman–Crippen MR) is 48.2 cm³/mol. The molecule has 64 valence electrons. The van der Waals surface area contributed by atoms with Crippen molar-refractivity contribution in [1.29, 1.82) is 0 Å². The fraction of sp³-hybridized carbons (Fsp3) is 0.250. The van der Waals surface area contributed by atoms with Gasteiger partial charge in [0.15, 0.2) is 0 Å². The van der Waals surface area contributed by atoms with Gasteiger partial charge in [0.2, 0.25) is 0 Å². The van der Waals surface area contributed by atoms with Crippen LogP contribution in [-0.2, 0) is 0 Å². The largest absolute Gasteiger partial charge is 0.549 e. The van der Waals surface area contributed by atoms with Crippen LogP contribution in [0.1, 0.15) is 18.5 Å². The molecule has 0 bridgehead atoms. The van der Waals surface area contributed by atoms with Gasteiger partial charge < -0.3 is 10.0 Å². The van der Waals surface area contributed by atoms with Crippen molar-refractivity contribution in [2.75, 3.05) is 0 Å². The summed E-state index contributed by atoms with van der Waals surface area (Å²) < 4.78 is 0. The van der Waals surface area contributed by atoms with Crippen molar-refractivity contribution >= 4 is 7.25 Å². The highest BCUT2D eigenvalue weighted by molar-refractivity contribution is 6.37. The quantitative estimate of drug-likeness (QED) is 0.564. The standard InChI is InChI=1S/C8H12BNO2/c1-7(10-9(11)12)8-5-3-2-4-6-8/h2-7,10-12H,1H3. The molecule has 1 aromatic carbocycles. The number of nitrogens with one attached hydrogen (secondary N) is 1. The molecule has 0 aliphatic rings. The van der Waals surface area contributed by atoms with Crippen molar-refractivity contribution in [3.05, 3.63) is 35.9 Å². The third-order valence-electron chi connectivity index (χ3n) is 1.70. The summed E-state index contributed by atoms with van der Waals surface area (Å²) in [6, 6.07) is 9.56. The van der Waals surface area contributed by atoms with Crippen LogP contribution >= 0.6 is 0 Å². The molecule has 3 nitrogen and oxygen atoms in total. The normalized spacial score (nSPS) is 12.6. The summed E-state index contributed by atoms with van der Waals surface area (Å²) in [4.78, 5) is 0. The molecule has 0 saturated heterocycles. The van der Waals surface area contributed by atoms with E-state index in [1.165, 1.54) is 0 Å². The van der Waals surface area contributed by atoms with Crippen molar-refractivity contribution in [1.82, 2.24) is 5.23 Å². The van der Waals surface area contributed by atoms with E-state index in [0.717, 1.165) is 5.56 Å². The van der Waals surface area contributed by atoms with Gasteiger partial charge in [-0.15, -0.1) is 0 Å². The molecule has 1 unspecified atom stereocenters. The first-order valence-corrected chi connectivity index (χ1v) is 3.87.